The predicted molar refractivity (Wildman–Crippen MR) is 125 cm³/mol. The monoisotopic (exact) mass is 462 g/mol. The number of H-pyrrole nitrogens is 1. The number of nitrogens with one attached hydrogen (secondary N) is 2. The van der Waals surface area contributed by atoms with Gasteiger partial charge < -0.3 is 15.5 Å². The molecular weight excluding hydrogens is 440 g/mol. The van der Waals surface area contributed by atoms with Crippen LogP contribution < -0.4 is 15.8 Å². The topological polar surface area (TPSA) is 126 Å². The van der Waals surface area contributed by atoms with Crippen molar-refractivity contribution in [2.24, 2.45) is 5.73 Å². The first-order valence-electron chi connectivity index (χ1n) is 10.4. The molecule has 0 saturated carbocycles. The van der Waals surface area contributed by atoms with Gasteiger partial charge in [-0.3, -0.25) is 19.8 Å². The molecule has 4 aromatic rings. The van der Waals surface area contributed by atoms with E-state index in [2.05, 4.69) is 31.2 Å². The second-order valence-corrected chi connectivity index (χ2v) is 8.89. The van der Waals surface area contributed by atoms with Crippen LogP contribution in [0.5, 0.6) is 5.75 Å². The number of amides is 2. The molecule has 9 nitrogen and oxygen atoms in total. The van der Waals surface area contributed by atoms with Crippen LogP contribution in [0.3, 0.4) is 0 Å². The van der Waals surface area contributed by atoms with Gasteiger partial charge in [-0.25, -0.2) is 9.97 Å². The van der Waals surface area contributed by atoms with E-state index < -0.39 is 5.91 Å². The van der Waals surface area contributed by atoms with Gasteiger partial charge in [0.2, 0.25) is 0 Å². The number of anilines is 1. The zero-order valence-corrected chi connectivity index (χ0v) is 18.7. The fourth-order valence-corrected chi connectivity index (χ4v) is 5.01. The van der Waals surface area contributed by atoms with E-state index in [9.17, 15) is 9.59 Å². The highest BCUT2D eigenvalue weighted by molar-refractivity contribution is 7.15. The van der Waals surface area contributed by atoms with Crippen LogP contribution in [-0.4, -0.2) is 45.3 Å². The Hall–Kier alpha value is -3.76. The molecule has 2 aromatic heterocycles. The van der Waals surface area contributed by atoms with Gasteiger partial charge in [-0.05, 0) is 29.8 Å². The molecule has 10 heteroatoms. The summed E-state index contributed by atoms with van der Waals surface area (Å²) in [5.74, 6) is -0.139. The molecule has 3 heterocycles. The molecule has 0 spiro atoms. The minimum absolute atomic E-state index is 0.0195. The Labute approximate surface area is 193 Å². The maximum Gasteiger partial charge on any atom is 0.284 e. The van der Waals surface area contributed by atoms with E-state index in [-0.39, 0.29) is 11.7 Å². The van der Waals surface area contributed by atoms with E-state index in [0.29, 0.717) is 21.7 Å². The number of aromatic nitrogens is 3. The van der Waals surface area contributed by atoms with E-state index in [1.54, 1.807) is 25.3 Å². The van der Waals surface area contributed by atoms with Gasteiger partial charge in [0.1, 0.15) is 11.3 Å². The lowest BCUT2D eigenvalue weighted by Gasteiger charge is -2.25. The molecule has 0 fully saturated rings. The van der Waals surface area contributed by atoms with Crippen LogP contribution in [0.15, 0.2) is 42.5 Å². The summed E-state index contributed by atoms with van der Waals surface area (Å²) in [5.41, 5.74) is 8.84. The number of ether oxygens (including phenoxy) is 1. The van der Waals surface area contributed by atoms with E-state index >= 15 is 0 Å². The number of rotatable bonds is 6. The van der Waals surface area contributed by atoms with E-state index in [1.807, 2.05) is 18.2 Å². The van der Waals surface area contributed by atoms with Gasteiger partial charge >= 0.3 is 0 Å². The summed E-state index contributed by atoms with van der Waals surface area (Å²) in [4.78, 5) is 39.5. The summed E-state index contributed by atoms with van der Waals surface area (Å²) in [7, 11) is 1.67. The first kappa shape index (κ1) is 21.1. The Balaban J connectivity index is 1.30. The molecule has 168 valence electrons. The molecule has 0 saturated heterocycles. The molecule has 5 rings (SSSR count). The summed E-state index contributed by atoms with van der Waals surface area (Å²) >= 11 is 1.48. The SMILES string of the molecule is COc1cccc(CN2CCc3nc(NC(=O)c4cccc5[nH]c(C(N)=O)nc45)sc3C2)c1. The molecule has 0 atom stereocenters. The summed E-state index contributed by atoms with van der Waals surface area (Å²) in [6.45, 7) is 2.49. The van der Waals surface area contributed by atoms with E-state index in [4.69, 9.17) is 10.5 Å². The Morgan fingerprint density at radius 1 is 1.24 bits per heavy atom. The highest BCUT2D eigenvalue weighted by Gasteiger charge is 2.23. The van der Waals surface area contributed by atoms with Crippen molar-refractivity contribution in [1.82, 2.24) is 19.9 Å². The smallest absolute Gasteiger partial charge is 0.284 e. The summed E-state index contributed by atoms with van der Waals surface area (Å²) in [5, 5.41) is 3.44. The molecule has 1 aliphatic heterocycles. The van der Waals surface area contributed by atoms with E-state index in [0.717, 1.165) is 42.4 Å². The Bertz CT molecular complexity index is 1360. The van der Waals surface area contributed by atoms with Crippen molar-refractivity contribution in [2.75, 3.05) is 19.0 Å². The number of carbonyl (C=O) groups is 2. The third-order valence-corrected chi connectivity index (χ3v) is 6.56. The number of nitrogens with zero attached hydrogens (tertiary/aromatic N) is 3. The standard InChI is InChI=1S/C23H22N6O3S/c1-32-14-5-2-4-13(10-14)11-29-9-8-16-18(12-29)33-23(26-16)28-22(31)15-6-3-7-17-19(15)27-21(25-17)20(24)30/h2-7,10H,8-9,11-12H2,1H3,(H2,24,30)(H,25,27)(H,26,28,31). The van der Waals surface area contributed by atoms with Crippen LogP contribution in [0, 0.1) is 0 Å². The Kier molecular flexibility index (Phi) is 5.53. The second-order valence-electron chi connectivity index (χ2n) is 7.81. The predicted octanol–water partition coefficient (Wildman–Crippen LogP) is 2.94. The summed E-state index contributed by atoms with van der Waals surface area (Å²) < 4.78 is 5.32. The fourth-order valence-electron chi connectivity index (χ4n) is 3.96. The lowest BCUT2D eigenvalue weighted by molar-refractivity contribution is 0.0989. The van der Waals surface area contributed by atoms with Crippen LogP contribution in [-0.2, 0) is 19.5 Å². The molecule has 0 unspecified atom stereocenters. The number of hydrogen-bond acceptors (Lipinski definition) is 7. The molecule has 0 aliphatic carbocycles. The second kappa shape index (κ2) is 8.64. The van der Waals surface area contributed by atoms with Crippen molar-refractivity contribution < 1.29 is 14.3 Å². The lowest BCUT2D eigenvalue weighted by atomic mass is 10.1. The first-order valence-corrected chi connectivity index (χ1v) is 11.3. The zero-order valence-electron chi connectivity index (χ0n) is 17.9. The first-order chi connectivity index (χ1) is 16.0. The molecule has 4 N–H and O–H groups in total. The average molecular weight is 463 g/mol. The molecule has 33 heavy (non-hydrogen) atoms. The molecular formula is C23H22N6O3S. The minimum Gasteiger partial charge on any atom is -0.497 e. The van der Waals surface area contributed by atoms with Gasteiger partial charge in [-0.2, -0.15) is 0 Å². The van der Waals surface area contributed by atoms with Gasteiger partial charge in [0.15, 0.2) is 11.0 Å². The number of imidazole rings is 1. The van der Waals surface area contributed by atoms with Crippen LogP contribution >= 0.6 is 11.3 Å². The quantitative estimate of drug-likeness (QED) is 0.404. The number of fused-ring (bicyclic) bond motifs is 2. The lowest BCUT2D eigenvalue weighted by Crippen LogP contribution is -2.29. The normalized spacial score (nSPS) is 13.6. The molecule has 2 amide bonds. The maximum absolute atomic E-state index is 12.9. The van der Waals surface area contributed by atoms with Crippen molar-refractivity contribution >= 4 is 39.3 Å². The van der Waals surface area contributed by atoms with Gasteiger partial charge in [0.05, 0.1) is 23.9 Å². The third-order valence-electron chi connectivity index (χ3n) is 5.56. The van der Waals surface area contributed by atoms with Crippen molar-refractivity contribution in [1.29, 1.82) is 0 Å². The van der Waals surface area contributed by atoms with Gasteiger partial charge in [-0.1, -0.05) is 18.2 Å². The maximum atomic E-state index is 12.9. The number of thiazole rings is 1. The van der Waals surface area contributed by atoms with Gasteiger partial charge in [0, 0.05) is 30.9 Å². The minimum atomic E-state index is -0.677. The number of benzene rings is 2. The van der Waals surface area contributed by atoms with Crippen molar-refractivity contribution in [3.8, 4) is 5.75 Å². The van der Waals surface area contributed by atoms with Crippen molar-refractivity contribution in [3.63, 3.8) is 0 Å². The zero-order chi connectivity index (χ0) is 22.9. The number of carbonyl (C=O) groups excluding carboxylic acids is 2. The molecule has 2 aromatic carbocycles. The van der Waals surface area contributed by atoms with Crippen molar-refractivity contribution in [2.45, 2.75) is 19.5 Å². The Morgan fingerprint density at radius 2 is 2.09 bits per heavy atom. The van der Waals surface area contributed by atoms with Crippen LogP contribution in [0.25, 0.3) is 11.0 Å². The van der Waals surface area contributed by atoms with Crippen LogP contribution in [0.1, 0.15) is 37.1 Å². The highest BCUT2D eigenvalue weighted by atomic mass is 32.1. The number of nitrogens with two attached hydrogens (primary N) is 1. The molecule has 0 radical (unpaired) electrons. The molecule has 0 bridgehead atoms. The fraction of sp³-hybridized carbons (Fsp3) is 0.217. The summed E-state index contributed by atoms with van der Waals surface area (Å²) in [6.07, 6.45) is 0.822. The third kappa shape index (κ3) is 4.30. The number of para-hydroxylation sites is 1. The molecule has 1 aliphatic rings. The van der Waals surface area contributed by atoms with E-state index in [1.165, 1.54) is 16.9 Å². The number of primary amides is 1. The number of aromatic amines is 1. The largest absolute Gasteiger partial charge is 0.497 e. The van der Waals surface area contributed by atoms with Gasteiger partial charge in [-0.15, -0.1) is 11.3 Å². The number of hydrogen-bond donors (Lipinski definition) is 3. The van der Waals surface area contributed by atoms with Crippen molar-refractivity contribution in [3.05, 3.63) is 70.0 Å². The average Bonchev–Trinajstić information content (AvgIpc) is 3.42. The summed E-state index contributed by atoms with van der Waals surface area (Å²) in [6, 6.07) is 13.2. The highest BCUT2D eigenvalue weighted by Crippen LogP contribution is 2.30. The Morgan fingerprint density at radius 3 is 2.91 bits per heavy atom. The van der Waals surface area contributed by atoms with Crippen LogP contribution in [0.2, 0.25) is 0 Å². The van der Waals surface area contributed by atoms with Crippen LogP contribution in [0.4, 0.5) is 5.13 Å². The number of methoxy groups -OCH3 is 1. The van der Waals surface area contributed by atoms with Gasteiger partial charge in [0.25, 0.3) is 11.8 Å².